The summed E-state index contributed by atoms with van der Waals surface area (Å²) in [7, 11) is 4.17. The molecule has 27 heavy (non-hydrogen) atoms. The van der Waals surface area contributed by atoms with Crippen molar-refractivity contribution >= 4 is 27.2 Å². The van der Waals surface area contributed by atoms with E-state index in [1.807, 2.05) is 0 Å². The van der Waals surface area contributed by atoms with Crippen LogP contribution in [0.25, 0.3) is 21.5 Å². The molecule has 4 aromatic rings. The van der Waals surface area contributed by atoms with Gasteiger partial charge < -0.3 is 4.90 Å². The summed E-state index contributed by atoms with van der Waals surface area (Å²) >= 11 is 0. The first-order chi connectivity index (χ1) is 13.2. The van der Waals surface area contributed by atoms with Crippen LogP contribution < -0.4 is 4.90 Å². The van der Waals surface area contributed by atoms with Crippen LogP contribution in [0.3, 0.4) is 0 Å². The molecule has 1 nitrogen and oxygen atoms in total. The molecule has 0 bridgehead atoms. The molecule has 0 aliphatic heterocycles. The minimum absolute atomic E-state index is 1.14. The number of rotatable bonds is 6. The van der Waals surface area contributed by atoms with Gasteiger partial charge in [-0.25, -0.2) is 0 Å². The van der Waals surface area contributed by atoms with Gasteiger partial charge in [0.15, 0.2) is 0 Å². The second-order valence-corrected chi connectivity index (χ2v) is 7.57. The average molecular weight is 354 g/mol. The van der Waals surface area contributed by atoms with Gasteiger partial charge in [0.05, 0.1) is 0 Å². The molecule has 0 unspecified atom stereocenters. The number of hydrogen-bond acceptors (Lipinski definition) is 1. The van der Waals surface area contributed by atoms with Crippen molar-refractivity contribution in [3.05, 3.63) is 90.0 Å². The smallest absolute Gasteiger partial charge is 0.0361 e. The third kappa shape index (κ3) is 3.83. The molecule has 0 N–H and O–H groups in total. The maximum Gasteiger partial charge on any atom is 0.0361 e. The first-order valence-corrected chi connectivity index (χ1v) is 9.88. The van der Waals surface area contributed by atoms with Crippen molar-refractivity contribution in [3.63, 3.8) is 0 Å². The van der Waals surface area contributed by atoms with Gasteiger partial charge in [0.2, 0.25) is 0 Å². The van der Waals surface area contributed by atoms with Crippen molar-refractivity contribution in [2.75, 3.05) is 19.0 Å². The summed E-state index contributed by atoms with van der Waals surface area (Å²) in [5, 5.41) is 5.50. The average Bonchev–Trinajstić information content (AvgIpc) is 2.71. The minimum atomic E-state index is 1.14. The summed E-state index contributed by atoms with van der Waals surface area (Å²) in [5.74, 6) is 0. The van der Waals surface area contributed by atoms with E-state index in [0.29, 0.717) is 0 Å². The van der Waals surface area contributed by atoms with E-state index < -0.39 is 0 Å². The molecular weight excluding hydrogens is 326 g/mol. The van der Waals surface area contributed by atoms with Crippen LogP contribution >= 0.6 is 0 Å². The van der Waals surface area contributed by atoms with E-state index in [4.69, 9.17) is 0 Å². The zero-order valence-corrected chi connectivity index (χ0v) is 16.3. The van der Waals surface area contributed by atoms with Crippen LogP contribution in [0.4, 0.5) is 5.69 Å². The summed E-state index contributed by atoms with van der Waals surface area (Å²) in [6.07, 6.45) is 4.74. The molecule has 4 rings (SSSR count). The predicted octanol–water partition coefficient (Wildman–Crippen LogP) is 6.62. The van der Waals surface area contributed by atoms with Crippen LogP contribution in [0.2, 0.25) is 0 Å². The lowest BCUT2D eigenvalue weighted by molar-refractivity contribution is 0.737. The van der Waals surface area contributed by atoms with Gasteiger partial charge in [-0.1, -0.05) is 66.7 Å². The lowest BCUT2D eigenvalue weighted by Crippen LogP contribution is -2.08. The monoisotopic (exact) mass is 353 g/mol. The third-order valence-corrected chi connectivity index (χ3v) is 5.47. The molecule has 0 aromatic heterocycles. The van der Waals surface area contributed by atoms with Gasteiger partial charge in [0.1, 0.15) is 0 Å². The standard InChI is InChI=1S/C26H27N/c1-27(2)23-17-15-20(16-18-23)9-3-4-10-21-19-22-11-5-6-12-24(22)26-14-8-7-13-25(21)26/h5-8,11-19H,3-4,9-10H2,1-2H3. The molecule has 0 spiro atoms. The highest BCUT2D eigenvalue weighted by Gasteiger charge is 2.06. The van der Waals surface area contributed by atoms with E-state index in [1.54, 1.807) is 0 Å². The van der Waals surface area contributed by atoms with Crippen molar-refractivity contribution in [1.29, 1.82) is 0 Å². The fourth-order valence-electron chi connectivity index (χ4n) is 3.94. The molecule has 0 aliphatic carbocycles. The van der Waals surface area contributed by atoms with Gasteiger partial charge >= 0.3 is 0 Å². The Morgan fingerprint density at radius 3 is 2.00 bits per heavy atom. The maximum absolute atomic E-state index is 2.39. The molecule has 0 saturated carbocycles. The van der Waals surface area contributed by atoms with Crippen molar-refractivity contribution in [1.82, 2.24) is 0 Å². The Bertz CT molecular complexity index is 1040. The summed E-state index contributed by atoms with van der Waals surface area (Å²) < 4.78 is 0. The zero-order valence-electron chi connectivity index (χ0n) is 16.3. The minimum Gasteiger partial charge on any atom is -0.378 e. The second kappa shape index (κ2) is 7.84. The van der Waals surface area contributed by atoms with Gasteiger partial charge in [-0.2, -0.15) is 0 Å². The van der Waals surface area contributed by atoms with Crippen LogP contribution in [-0.4, -0.2) is 14.1 Å². The Balaban J connectivity index is 1.47. The van der Waals surface area contributed by atoms with Gasteiger partial charge in [-0.15, -0.1) is 0 Å². The number of anilines is 1. The SMILES string of the molecule is CN(C)c1ccc(CCCCc2cc3ccccc3c3ccccc23)cc1. The molecule has 0 heterocycles. The number of fused-ring (bicyclic) bond motifs is 3. The molecule has 0 radical (unpaired) electrons. The first-order valence-electron chi connectivity index (χ1n) is 9.88. The van der Waals surface area contributed by atoms with Crippen LogP contribution in [0, 0.1) is 0 Å². The summed E-state index contributed by atoms with van der Waals surface area (Å²) in [5.41, 5.74) is 4.18. The number of nitrogens with zero attached hydrogens (tertiary/aromatic N) is 1. The zero-order chi connectivity index (χ0) is 18.6. The van der Waals surface area contributed by atoms with E-state index in [1.165, 1.54) is 51.2 Å². The van der Waals surface area contributed by atoms with Crippen LogP contribution in [0.15, 0.2) is 78.9 Å². The van der Waals surface area contributed by atoms with Gasteiger partial charge in [0, 0.05) is 19.8 Å². The maximum atomic E-state index is 2.39. The highest BCUT2D eigenvalue weighted by atomic mass is 15.1. The number of benzene rings is 4. The van der Waals surface area contributed by atoms with E-state index in [0.717, 1.165) is 12.8 Å². The third-order valence-electron chi connectivity index (χ3n) is 5.47. The Kier molecular flexibility index (Phi) is 5.11. The van der Waals surface area contributed by atoms with E-state index in [2.05, 4.69) is 97.9 Å². The molecule has 1 heteroatoms. The number of unbranched alkanes of at least 4 members (excludes halogenated alkanes) is 1. The lowest BCUT2D eigenvalue weighted by atomic mass is 9.94. The Labute approximate surface area is 162 Å². The number of aryl methyl sites for hydroxylation is 2. The van der Waals surface area contributed by atoms with Gasteiger partial charge in [0.25, 0.3) is 0 Å². The molecule has 0 saturated heterocycles. The number of hydrogen-bond donors (Lipinski definition) is 0. The molecule has 0 aliphatic rings. The van der Waals surface area contributed by atoms with Crippen molar-refractivity contribution in [3.8, 4) is 0 Å². The molecule has 0 atom stereocenters. The fourth-order valence-corrected chi connectivity index (χ4v) is 3.94. The van der Waals surface area contributed by atoms with E-state index in [-0.39, 0.29) is 0 Å². The van der Waals surface area contributed by atoms with Crippen LogP contribution in [-0.2, 0) is 12.8 Å². The molecular formula is C26H27N. The first kappa shape index (κ1) is 17.6. The molecule has 4 aromatic carbocycles. The largest absolute Gasteiger partial charge is 0.378 e. The van der Waals surface area contributed by atoms with Crippen LogP contribution in [0.5, 0.6) is 0 Å². The predicted molar refractivity (Wildman–Crippen MR) is 119 cm³/mol. The Morgan fingerprint density at radius 1 is 0.630 bits per heavy atom. The summed E-state index contributed by atoms with van der Waals surface area (Å²) in [6, 6.07) is 28.9. The fraction of sp³-hybridized carbons (Fsp3) is 0.231. The summed E-state index contributed by atoms with van der Waals surface area (Å²) in [4.78, 5) is 2.15. The van der Waals surface area contributed by atoms with Crippen molar-refractivity contribution in [2.24, 2.45) is 0 Å². The van der Waals surface area contributed by atoms with E-state index in [9.17, 15) is 0 Å². The Morgan fingerprint density at radius 2 is 1.26 bits per heavy atom. The van der Waals surface area contributed by atoms with Crippen molar-refractivity contribution in [2.45, 2.75) is 25.7 Å². The van der Waals surface area contributed by atoms with Crippen LogP contribution in [0.1, 0.15) is 24.0 Å². The molecule has 136 valence electrons. The van der Waals surface area contributed by atoms with E-state index >= 15 is 0 Å². The topological polar surface area (TPSA) is 3.24 Å². The van der Waals surface area contributed by atoms with Crippen molar-refractivity contribution < 1.29 is 0 Å². The summed E-state index contributed by atoms with van der Waals surface area (Å²) in [6.45, 7) is 0. The highest BCUT2D eigenvalue weighted by molar-refractivity contribution is 6.08. The molecule has 0 fully saturated rings. The van der Waals surface area contributed by atoms with Gasteiger partial charge in [-0.3, -0.25) is 0 Å². The Hall–Kier alpha value is -2.80. The quantitative estimate of drug-likeness (QED) is 0.278. The molecule has 0 amide bonds. The normalized spacial score (nSPS) is 11.2. The van der Waals surface area contributed by atoms with Gasteiger partial charge in [-0.05, 0) is 70.5 Å². The highest BCUT2D eigenvalue weighted by Crippen LogP contribution is 2.29. The second-order valence-electron chi connectivity index (χ2n) is 7.57. The lowest BCUT2D eigenvalue weighted by Gasteiger charge is -2.13.